The van der Waals surface area contributed by atoms with Gasteiger partial charge in [0.2, 0.25) is 0 Å². The maximum absolute atomic E-state index is 12.5. The molecule has 1 aromatic heterocycles. The highest BCUT2D eigenvalue weighted by Gasteiger charge is 2.18. The Morgan fingerprint density at radius 2 is 2.04 bits per heavy atom. The molecule has 1 aliphatic heterocycles. The molecule has 2 aromatic rings. The average Bonchev–Trinajstić information content (AvgIpc) is 2.99. The summed E-state index contributed by atoms with van der Waals surface area (Å²) in [4.78, 5) is 14.6. The summed E-state index contributed by atoms with van der Waals surface area (Å²) < 4.78 is 11.2. The highest BCUT2D eigenvalue weighted by atomic mass is 32.1. The summed E-state index contributed by atoms with van der Waals surface area (Å²) in [5.41, 5.74) is 1.80. The number of nitrogens with one attached hydrogen (secondary N) is 1. The van der Waals surface area contributed by atoms with Crippen LogP contribution >= 0.6 is 11.3 Å². The summed E-state index contributed by atoms with van der Waals surface area (Å²) in [6, 6.07) is 7.58. The molecule has 0 radical (unpaired) electrons. The third-order valence-electron chi connectivity index (χ3n) is 4.02. The number of rotatable bonds is 5. The van der Waals surface area contributed by atoms with Crippen LogP contribution in [0.3, 0.4) is 0 Å². The van der Waals surface area contributed by atoms with Crippen molar-refractivity contribution in [3.05, 3.63) is 46.2 Å². The molecule has 24 heavy (non-hydrogen) atoms. The SMILES string of the molecule is CN(C)C(CNC(=O)c1ccc2c(c1)OCCCO2)c1ccsc1. The van der Waals surface area contributed by atoms with E-state index in [1.54, 1.807) is 29.5 Å². The molecule has 0 aliphatic carbocycles. The maximum Gasteiger partial charge on any atom is 0.251 e. The van der Waals surface area contributed by atoms with Crippen molar-refractivity contribution in [2.75, 3.05) is 33.9 Å². The van der Waals surface area contributed by atoms with Gasteiger partial charge in [-0.1, -0.05) is 0 Å². The third-order valence-corrected chi connectivity index (χ3v) is 4.72. The van der Waals surface area contributed by atoms with Gasteiger partial charge in [0.1, 0.15) is 0 Å². The van der Waals surface area contributed by atoms with Gasteiger partial charge in [-0.05, 0) is 54.7 Å². The zero-order valence-electron chi connectivity index (χ0n) is 14.0. The number of thiophene rings is 1. The first kappa shape index (κ1) is 16.8. The van der Waals surface area contributed by atoms with Crippen molar-refractivity contribution in [3.8, 4) is 11.5 Å². The minimum atomic E-state index is -0.104. The van der Waals surface area contributed by atoms with Gasteiger partial charge in [0.15, 0.2) is 11.5 Å². The summed E-state index contributed by atoms with van der Waals surface area (Å²) >= 11 is 1.66. The number of benzene rings is 1. The zero-order valence-corrected chi connectivity index (χ0v) is 14.8. The number of carbonyl (C=O) groups is 1. The third kappa shape index (κ3) is 3.88. The number of likely N-dealkylation sites (N-methyl/N-ethyl adjacent to an activating group) is 1. The molecule has 1 amide bonds. The maximum atomic E-state index is 12.5. The van der Waals surface area contributed by atoms with Crippen molar-refractivity contribution < 1.29 is 14.3 Å². The summed E-state index contributed by atoms with van der Waals surface area (Å²) in [5.74, 6) is 1.24. The van der Waals surface area contributed by atoms with Gasteiger partial charge in [-0.2, -0.15) is 11.3 Å². The van der Waals surface area contributed by atoms with Crippen molar-refractivity contribution in [1.29, 1.82) is 0 Å². The molecule has 2 heterocycles. The van der Waals surface area contributed by atoms with Crippen molar-refractivity contribution in [2.24, 2.45) is 0 Å². The van der Waals surface area contributed by atoms with E-state index in [2.05, 4.69) is 27.0 Å². The lowest BCUT2D eigenvalue weighted by Crippen LogP contribution is -2.34. The van der Waals surface area contributed by atoms with Crippen LogP contribution in [0.15, 0.2) is 35.0 Å². The van der Waals surface area contributed by atoms with E-state index in [4.69, 9.17) is 9.47 Å². The molecule has 0 saturated heterocycles. The molecular weight excluding hydrogens is 324 g/mol. The van der Waals surface area contributed by atoms with Gasteiger partial charge >= 0.3 is 0 Å². The van der Waals surface area contributed by atoms with Crippen LogP contribution in [0.1, 0.15) is 28.4 Å². The molecular formula is C18H22N2O3S. The van der Waals surface area contributed by atoms with Gasteiger partial charge in [-0.15, -0.1) is 0 Å². The second-order valence-electron chi connectivity index (χ2n) is 5.96. The van der Waals surface area contributed by atoms with Crippen LogP contribution in [0.4, 0.5) is 0 Å². The molecule has 0 saturated carbocycles. The fourth-order valence-corrected chi connectivity index (χ4v) is 3.37. The molecule has 5 nitrogen and oxygen atoms in total. The van der Waals surface area contributed by atoms with Crippen LogP contribution in [-0.2, 0) is 0 Å². The fourth-order valence-electron chi connectivity index (χ4n) is 2.66. The number of nitrogens with zero attached hydrogens (tertiary/aromatic N) is 1. The Hall–Kier alpha value is -2.05. The lowest BCUT2D eigenvalue weighted by molar-refractivity contribution is 0.0941. The van der Waals surface area contributed by atoms with Gasteiger partial charge in [0.05, 0.1) is 19.3 Å². The summed E-state index contributed by atoms with van der Waals surface area (Å²) in [6.07, 6.45) is 0.849. The Morgan fingerprint density at radius 1 is 1.25 bits per heavy atom. The number of hydrogen-bond acceptors (Lipinski definition) is 5. The van der Waals surface area contributed by atoms with Crippen LogP contribution in [0.5, 0.6) is 11.5 Å². The molecule has 1 aliphatic rings. The van der Waals surface area contributed by atoms with Gasteiger partial charge in [-0.25, -0.2) is 0 Å². The van der Waals surface area contributed by atoms with Gasteiger partial charge in [-0.3, -0.25) is 4.79 Å². The van der Waals surface area contributed by atoms with Crippen LogP contribution in [-0.4, -0.2) is 44.7 Å². The Balaban J connectivity index is 1.67. The Morgan fingerprint density at radius 3 is 2.75 bits per heavy atom. The molecule has 0 fully saturated rings. The van der Waals surface area contributed by atoms with Gasteiger partial charge in [0, 0.05) is 18.5 Å². The standard InChI is InChI=1S/C18H22N2O3S/c1-20(2)15(14-6-9-24-12-14)11-19-18(21)13-4-5-16-17(10-13)23-8-3-7-22-16/h4-6,9-10,12,15H,3,7-8,11H2,1-2H3,(H,19,21). The highest BCUT2D eigenvalue weighted by Crippen LogP contribution is 2.30. The number of ether oxygens (including phenoxy) is 2. The van der Waals surface area contributed by atoms with E-state index in [-0.39, 0.29) is 11.9 Å². The minimum absolute atomic E-state index is 0.104. The molecule has 1 aromatic carbocycles. The van der Waals surface area contributed by atoms with Gasteiger partial charge < -0.3 is 19.7 Å². The predicted octanol–water partition coefficient (Wildman–Crippen LogP) is 2.94. The van der Waals surface area contributed by atoms with E-state index in [1.807, 2.05) is 14.1 Å². The molecule has 1 unspecified atom stereocenters. The van der Waals surface area contributed by atoms with Crippen LogP contribution < -0.4 is 14.8 Å². The van der Waals surface area contributed by atoms with Crippen molar-refractivity contribution >= 4 is 17.2 Å². The lowest BCUT2D eigenvalue weighted by atomic mass is 10.1. The first-order chi connectivity index (χ1) is 11.6. The van der Waals surface area contributed by atoms with E-state index in [0.717, 1.165) is 6.42 Å². The molecule has 0 spiro atoms. The fraction of sp³-hybridized carbons (Fsp3) is 0.389. The summed E-state index contributed by atoms with van der Waals surface area (Å²) in [5, 5.41) is 7.19. The largest absolute Gasteiger partial charge is 0.490 e. The van der Waals surface area contributed by atoms with E-state index in [0.29, 0.717) is 36.8 Å². The monoisotopic (exact) mass is 346 g/mol. The highest BCUT2D eigenvalue weighted by molar-refractivity contribution is 7.07. The smallest absolute Gasteiger partial charge is 0.251 e. The minimum Gasteiger partial charge on any atom is -0.490 e. The Bertz CT molecular complexity index is 686. The van der Waals surface area contributed by atoms with Gasteiger partial charge in [0.25, 0.3) is 5.91 Å². The predicted molar refractivity (Wildman–Crippen MR) is 95.1 cm³/mol. The topological polar surface area (TPSA) is 50.8 Å². The molecule has 3 rings (SSSR count). The summed E-state index contributed by atoms with van der Waals surface area (Å²) in [6.45, 7) is 1.81. The van der Waals surface area contributed by atoms with Crippen molar-refractivity contribution in [2.45, 2.75) is 12.5 Å². The second-order valence-corrected chi connectivity index (χ2v) is 6.74. The molecule has 0 bridgehead atoms. The van der Waals surface area contributed by atoms with E-state index in [9.17, 15) is 4.79 Å². The number of amides is 1. The molecule has 1 N–H and O–H groups in total. The molecule has 1 atom stereocenters. The first-order valence-electron chi connectivity index (χ1n) is 8.01. The normalized spacial score (nSPS) is 15.0. The van der Waals surface area contributed by atoms with Crippen molar-refractivity contribution in [3.63, 3.8) is 0 Å². The van der Waals surface area contributed by atoms with Crippen LogP contribution in [0.2, 0.25) is 0 Å². The number of carbonyl (C=O) groups excluding carboxylic acids is 1. The zero-order chi connectivity index (χ0) is 16.9. The van der Waals surface area contributed by atoms with E-state index < -0.39 is 0 Å². The Labute approximate surface area is 146 Å². The molecule has 6 heteroatoms. The quantitative estimate of drug-likeness (QED) is 0.904. The van der Waals surface area contributed by atoms with Crippen LogP contribution in [0.25, 0.3) is 0 Å². The van der Waals surface area contributed by atoms with Crippen molar-refractivity contribution in [1.82, 2.24) is 10.2 Å². The van der Waals surface area contributed by atoms with E-state index in [1.165, 1.54) is 5.56 Å². The number of fused-ring (bicyclic) bond motifs is 1. The lowest BCUT2D eigenvalue weighted by Gasteiger charge is -2.24. The van der Waals surface area contributed by atoms with Crippen LogP contribution in [0, 0.1) is 0 Å². The Kier molecular flexibility index (Phi) is 5.37. The molecule has 128 valence electrons. The average molecular weight is 346 g/mol. The summed E-state index contributed by atoms with van der Waals surface area (Å²) in [7, 11) is 4.03. The second kappa shape index (κ2) is 7.68. The first-order valence-corrected chi connectivity index (χ1v) is 8.96. The number of hydrogen-bond donors (Lipinski definition) is 1. The van der Waals surface area contributed by atoms with E-state index >= 15 is 0 Å².